The Bertz CT molecular complexity index is 1220. The Morgan fingerprint density at radius 3 is 2.50 bits per heavy atom. The van der Waals surface area contributed by atoms with Gasteiger partial charge in [-0.05, 0) is 38.1 Å². The maximum atomic E-state index is 12.3. The van der Waals surface area contributed by atoms with Crippen LogP contribution < -0.4 is 16.0 Å². The first-order valence-electron chi connectivity index (χ1n) is 7.81. The number of nitrogen functional groups attached to an aromatic ring is 1. The van der Waals surface area contributed by atoms with E-state index in [0.717, 1.165) is 4.68 Å². The van der Waals surface area contributed by atoms with E-state index in [1.807, 2.05) is 0 Å². The predicted molar refractivity (Wildman–Crippen MR) is 99.8 cm³/mol. The standard InChI is InChI=1S/C15H16N8O4S/c1-8-7-12(21-27-8)22-28(25,26)11-5-3-10(4-6-11)18-19-13-9(2)20-23(14(13)24)15(16)17/h3-7,20H,1-2H3,(H3,16,17)(H,21,22). The van der Waals surface area contributed by atoms with Crippen LogP contribution in [-0.2, 0) is 10.0 Å². The number of sulfonamides is 1. The monoisotopic (exact) mass is 404 g/mol. The fraction of sp³-hybridized carbons (Fsp3) is 0.133. The average molecular weight is 404 g/mol. The third-order valence-corrected chi connectivity index (χ3v) is 4.93. The molecule has 0 aliphatic heterocycles. The summed E-state index contributed by atoms with van der Waals surface area (Å²) in [5.74, 6) is 0.0715. The number of nitrogens with zero attached hydrogens (tertiary/aromatic N) is 4. The zero-order valence-electron chi connectivity index (χ0n) is 14.8. The molecular formula is C15H16N8O4S. The van der Waals surface area contributed by atoms with E-state index in [9.17, 15) is 13.2 Å². The largest absolute Gasteiger partial charge is 0.368 e. The van der Waals surface area contributed by atoms with Gasteiger partial charge < -0.3 is 10.3 Å². The Hall–Kier alpha value is -3.74. The Kier molecular flexibility index (Phi) is 4.83. The zero-order chi connectivity index (χ0) is 20.5. The Morgan fingerprint density at radius 2 is 1.96 bits per heavy atom. The van der Waals surface area contributed by atoms with E-state index in [0.29, 0.717) is 17.1 Å². The van der Waals surface area contributed by atoms with Gasteiger partial charge in [0.25, 0.3) is 10.0 Å². The fourth-order valence-corrected chi connectivity index (χ4v) is 3.22. The molecule has 0 amide bonds. The van der Waals surface area contributed by atoms with Crippen LogP contribution in [0.2, 0.25) is 0 Å². The second kappa shape index (κ2) is 7.11. The smallest absolute Gasteiger partial charge is 0.301 e. The molecular weight excluding hydrogens is 388 g/mol. The van der Waals surface area contributed by atoms with E-state index < -0.39 is 21.5 Å². The van der Waals surface area contributed by atoms with Crippen LogP contribution in [-0.4, -0.2) is 29.3 Å². The van der Waals surface area contributed by atoms with Gasteiger partial charge in [-0.1, -0.05) is 5.16 Å². The summed E-state index contributed by atoms with van der Waals surface area (Å²) in [4.78, 5) is 12.1. The number of aromatic nitrogens is 3. The molecule has 0 spiro atoms. The summed E-state index contributed by atoms with van der Waals surface area (Å²) in [6.45, 7) is 3.23. The van der Waals surface area contributed by atoms with Gasteiger partial charge in [-0.3, -0.25) is 20.0 Å². The fourth-order valence-electron chi connectivity index (χ4n) is 2.24. The number of benzene rings is 1. The molecule has 28 heavy (non-hydrogen) atoms. The minimum atomic E-state index is -3.84. The molecule has 13 heteroatoms. The number of rotatable bonds is 5. The molecule has 0 radical (unpaired) electrons. The molecule has 3 aromatic rings. The van der Waals surface area contributed by atoms with Crippen molar-refractivity contribution in [3.8, 4) is 0 Å². The summed E-state index contributed by atoms with van der Waals surface area (Å²) < 4.78 is 32.6. The lowest BCUT2D eigenvalue weighted by molar-refractivity contribution is 0.400. The number of aryl methyl sites for hydroxylation is 2. The number of anilines is 1. The lowest BCUT2D eigenvalue weighted by Crippen LogP contribution is -2.30. The van der Waals surface area contributed by atoms with Crippen LogP contribution in [0.5, 0.6) is 0 Å². The molecule has 3 rings (SSSR count). The zero-order valence-corrected chi connectivity index (χ0v) is 15.6. The predicted octanol–water partition coefficient (Wildman–Crippen LogP) is 1.74. The minimum absolute atomic E-state index is 0.00466. The first-order chi connectivity index (χ1) is 13.2. The molecule has 2 aromatic heterocycles. The minimum Gasteiger partial charge on any atom is -0.368 e. The Labute approximate surface area is 158 Å². The van der Waals surface area contributed by atoms with E-state index in [4.69, 9.17) is 15.7 Å². The van der Waals surface area contributed by atoms with Crippen molar-refractivity contribution in [1.29, 1.82) is 5.41 Å². The molecule has 146 valence electrons. The van der Waals surface area contributed by atoms with Crippen LogP contribution in [0.1, 0.15) is 11.5 Å². The van der Waals surface area contributed by atoms with Gasteiger partial charge in [-0.25, -0.2) is 8.42 Å². The van der Waals surface area contributed by atoms with Crippen molar-refractivity contribution in [1.82, 2.24) is 14.9 Å². The van der Waals surface area contributed by atoms with Crippen molar-refractivity contribution in [3.05, 3.63) is 52.1 Å². The quantitative estimate of drug-likeness (QED) is 0.285. The van der Waals surface area contributed by atoms with Crippen LogP contribution >= 0.6 is 0 Å². The second-order valence-corrected chi connectivity index (χ2v) is 7.42. The molecule has 1 aromatic carbocycles. The summed E-state index contributed by atoms with van der Waals surface area (Å²) in [6.07, 6.45) is 0. The topological polar surface area (TPSA) is 185 Å². The summed E-state index contributed by atoms with van der Waals surface area (Å²) in [6, 6.07) is 6.98. The molecule has 12 nitrogen and oxygen atoms in total. The summed E-state index contributed by atoms with van der Waals surface area (Å²) in [5, 5.41) is 21.3. The van der Waals surface area contributed by atoms with Crippen molar-refractivity contribution in [3.63, 3.8) is 0 Å². The normalized spacial score (nSPS) is 11.8. The molecule has 0 bridgehead atoms. The molecule has 0 fully saturated rings. The van der Waals surface area contributed by atoms with Gasteiger partial charge >= 0.3 is 5.56 Å². The van der Waals surface area contributed by atoms with Crippen molar-refractivity contribution in [2.24, 2.45) is 16.0 Å². The first-order valence-corrected chi connectivity index (χ1v) is 9.29. The van der Waals surface area contributed by atoms with Crippen molar-refractivity contribution in [2.45, 2.75) is 18.7 Å². The van der Waals surface area contributed by atoms with Crippen molar-refractivity contribution >= 4 is 33.2 Å². The SMILES string of the molecule is Cc1cc(NS(=O)(=O)c2ccc(N=Nc3c(C)[nH]n(C(=N)N)c3=O)cc2)no1. The molecule has 0 unspecified atom stereocenters. The molecule has 0 aliphatic rings. The van der Waals surface area contributed by atoms with Crippen LogP contribution in [0.4, 0.5) is 17.2 Å². The van der Waals surface area contributed by atoms with E-state index in [1.165, 1.54) is 30.3 Å². The summed E-state index contributed by atoms with van der Waals surface area (Å²) >= 11 is 0. The van der Waals surface area contributed by atoms with Gasteiger partial charge in [0.05, 0.1) is 16.3 Å². The number of nitrogens with one attached hydrogen (secondary N) is 3. The van der Waals surface area contributed by atoms with E-state index in [-0.39, 0.29) is 16.4 Å². The summed E-state index contributed by atoms with van der Waals surface area (Å²) in [7, 11) is -3.84. The van der Waals surface area contributed by atoms with E-state index in [1.54, 1.807) is 13.8 Å². The van der Waals surface area contributed by atoms with Gasteiger partial charge in [-0.2, -0.15) is 9.80 Å². The maximum absolute atomic E-state index is 12.3. The van der Waals surface area contributed by atoms with Crippen LogP contribution in [0, 0.1) is 19.3 Å². The maximum Gasteiger partial charge on any atom is 0.301 e. The third kappa shape index (κ3) is 3.83. The number of nitrogens with two attached hydrogens (primary N) is 1. The molecule has 0 saturated heterocycles. The number of H-pyrrole nitrogens is 1. The van der Waals surface area contributed by atoms with Crippen molar-refractivity contribution < 1.29 is 12.9 Å². The number of hydrogen-bond acceptors (Lipinski definition) is 8. The first kappa shape index (κ1) is 19.0. The average Bonchev–Trinajstić information content (AvgIpc) is 3.16. The Balaban J connectivity index is 1.80. The lowest BCUT2D eigenvalue weighted by Gasteiger charge is -2.04. The van der Waals surface area contributed by atoms with Crippen LogP contribution in [0.3, 0.4) is 0 Å². The van der Waals surface area contributed by atoms with Gasteiger partial charge in [0.15, 0.2) is 11.5 Å². The number of hydrogen-bond donors (Lipinski definition) is 4. The highest BCUT2D eigenvalue weighted by molar-refractivity contribution is 7.92. The van der Waals surface area contributed by atoms with Crippen LogP contribution in [0.25, 0.3) is 0 Å². The lowest BCUT2D eigenvalue weighted by atomic mass is 10.3. The molecule has 0 aliphatic carbocycles. The van der Waals surface area contributed by atoms with Gasteiger partial charge in [0.2, 0.25) is 5.96 Å². The highest BCUT2D eigenvalue weighted by Crippen LogP contribution is 2.21. The van der Waals surface area contributed by atoms with Gasteiger partial charge in [-0.15, -0.1) is 5.11 Å². The third-order valence-electron chi connectivity index (χ3n) is 3.56. The Morgan fingerprint density at radius 1 is 1.29 bits per heavy atom. The van der Waals surface area contributed by atoms with Crippen LogP contribution in [0.15, 0.2) is 54.8 Å². The van der Waals surface area contributed by atoms with Gasteiger partial charge in [0, 0.05) is 6.07 Å². The molecule has 0 saturated carbocycles. The van der Waals surface area contributed by atoms with Gasteiger partial charge in [0.1, 0.15) is 5.76 Å². The highest BCUT2D eigenvalue weighted by atomic mass is 32.2. The molecule has 2 heterocycles. The second-order valence-electron chi connectivity index (χ2n) is 5.73. The van der Waals surface area contributed by atoms with E-state index in [2.05, 4.69) is 25.2 Å². The van der Waals surface area contributed by atoms with Crippen molar-refractivity contribution in [2.75, 3.05) is 4.72 Å². The molecule has 0 atom stereocenters. The number of azo groups is 1. The summed E-state index contributed by atoms with van der Waals surface area (Å²) in [5.41, 5.74) is 5.38. The number of aromatic amines is 1. The van der Waals surface area contributed by atoms with E-state index >= 15 is 0 Å². The molecule has 5 N–H and O–H groups in total. The highest BCUT2D eigenvalue weighted by Gasteiger charge is 2.16.